The molecule has 0 bridgehead atoms. The van der Waals surface area contributed by atoms with Crippen molar-refractivity contribution in [3.05, 3.63) is 76.7 Å². The summed E-state index contributed by atoms with van der Waals surface area (Å²) in [5.74, 6) is -0.166. The van der Waals surface area contributed by atoms with Gasteiger partial charge in [-0.3, -0.25) is 4.79 Å². The number of carbonyl (C=O) groups excluding carboxylic acids is 1. The maximum atomic E-state index is 12.7. The molecule has 0 aliphatic heterocycles. The SMILES string of the molecule is Cc1c(C(=O)Nc2ccccc2)nnc2c(-c3cccc(Cl)c3)c(C(C)C)nn12. The number of halogens is 1. The first-order valence-electron chi connectivity index (χ1n) is 9.34. The van der Waals surface area contributed by atoms with Crippen LogP contribution in [0.4, 0.5) is 5.69 Å². The van der Waals surface area contributed by atoms with E-state index in [1.165, 1.54) is 0 Å². The first kappa shape index (κ1) is 19.1. The van der Waals surface area contributed by atoms with Gasteiger partial charge in [0.15, 0.2) is 11.3 Å². The lowest BCUT2D eigenvalue weighted by atomic mass is 10.00. The number of aryl methyl sites for hydroxylation is 1. The fraction of sp³-hybridized carbons (Fsp3) is 0.182. The van der Waals surface area contributed by atoms with E-state index < -0.39 is 0 Å². The van der Waals surface area contributed by atoms with Gasteiger partial charge in [0.2, 0.25) is 0 Å². The highest BCUT2D eigenvalue weighted by Crippen LogP contribution is 2.33. The molecule has 0 unspecified atom stereocenters. The van der Waals surface area contributed by atoms with Crippen molar-refractivity contribution in [2.24, 2.45) is 0 Å². The summed E-state index contributed by atoms with van der Waals surface area (Å²) in [4.78, 5) is 12.7. The number of nitrogens with one attached hydrogen (secondary N) is 1. The van der Waals surface area contributed by atoms with E-state index >= 15 is 0 Å². The number of hydrogen-bond acceptors (Lipinski definition) is 4. The van der Waals surface area contributed by atoms with Crippen LogP contribution in [0.3, 0.4) is 0 Å². The van der Waals surface area contributed by atoms with Crippen molar-refractivity contribution in [2.75, 3.05) is 5.32 Å². The van der Waals surface area contributed by atoms with Gasteiger partial charge in [-0.1, -0.05) is 55.8 Å². The lowest BCUT2D eigenvalue weighted by Crippen LogP contribution is -2.18. The minimum absolute atomic E-state index is 0.159. The van der Waals surface area contributed by atoms with Gasteiger partial charge in [-0.25, -0.2) is 4.52 Å². The lowest BCUT2D eigenvalue weighted by Gasteiger charge is -2.08. The van der Waals surface area contributed by atoms with E-state index in [1.54, 1.807) is 4.52 Å². The van der Waals surface area contributed by atoms with Gasteiger partial charge in [0.05, 0.1) is 17.0 Å². The lowest BCUT2D eigenvalue weighted by molar-refractivity contribution is 0.102. The summed E-state index contributed by atoms with van der Waals surface area (Å²) in [5.41, 5.74) is 4.84. The number of nitrogens with zero attached hydrogens (tertiary/aromatic N) is 4. The third-order valence-corrected chi connectivity index (χ3v) is 4.94. The van der Waals surface area contributed by atoms with E-state index in [9.17, 15) is 4.79 Å². The summed E-state index contributed by atoms with van der Waals surface area (Å²) in [6.45, 7) is 5.96. The Morgan fingerprint density at radius 1 is 1.07 bits per heavy atom. The number of rotatable bonds is 4. The summed E-state index contributed by atoms with van der Waals surface area (Å²) < 4.78 is 1.69. The number of fused-ring (bicyclic) bond motifs is 1. The summed E-state index contributed by atoms with van der Waals surface area (Å²) in [7, 11) is 0. The first-order valence-corrected chi connectivity index (χ1v) is 9.71. The van der Waals surface area contributed by atoms with E-state index in [1.807, 2.05) is 61.5 Å². The van der Waals surface area contributed by atoms with Crippen LogP contribution in [-0.4, -0.2) is 25.7 Å². The predicted molar refractivity (Wildman–Crippen MR) is 114 cm³/mol. The van der Waals surface area contributed by atoms with E-state index in [0.29, 0.717) is 22.1 Å². The van der Waals surface area contributed by atoms with E-state index in [-0.39, 0.29) is 17.5 Å². The molecule has 2 aromatic carbocycles. The molecule has 29 heavy (non-hydrogen) atoms. The molecule has 4 rings (SSSR count). The zero-order valence-electron chi connectivity index (χ0n) is 16.3. The molecule has 0 fully saturated rings. The molecular weight excluding hydrogens is 386 g/mol. The van der Waals surface area contributed by atoms with E-state index in [2.05, 4.69) is 29.4 Å². The van der Waals surface area contributed by atoms with Gasteiger partial charge < -0.3 is 5.32 Å². The molecule has 1 amide bonds. The van der Waals surface area contributed by atoms with Crippen LogP contribution in [0, 0.1) is 6.92 Å². The van der Waals surface area contributed by atoms with Gasteiger partial charge in [0.25, 0.3) is 5.91 Å². The summed E-state index contributed by atoms with van der Waals surface area (Å²) in [5, 5.41) is 16.8. The highest BCUT2D eigenvalue weighted by atomic mass is 35.5. The highest BCUT2D eigenvalue weighted by molar-refractivity contribution is 6.30. The van der Waals surface area contributed by atoms with Crippen molar-refractivity contribution in [3.8, 4) is 11.1 Å². The van der Waals surface area contributed by atoms with Gasteiger partial charge in [-0.2, -0.15) is 5.10 Å². The van der Waals surface area contributed by atoms with Crippen molar-refractivity contribution < 1.29 is 4.79 Å². The predicted octanol–water partition coefficient (Wildman–Crippen LogP) is 5.13. The normalized spacial score (nSPS) is 11.2. The Kier molecular flexibility index (Phi) is 5.03. The number of hydrogen-bond donors (Lipinski definition) is 1. The van der Waals surface area contributed by atoms with Gasteiger partial charge >= 0.3 is 0 Å². The quantitative estimate of drug-likeness (QED) is 0.511. The van der Waals surface area contributed by atoms with Crippen LogP contribution in [0.2, 0.25) is 5.02 Å². The number of anilines is 1. The second-order valence-electron chi connectivity index (χ2n) is 7.11. The van der Waals surface area contributed by atoms with Crippen molar-refractivity contribution >= 4 is 28.8 Å². The van der Waals surface area contributed by atoms with E-state index in [4.69, 9.17) is 16.7 Å². The largest absolute Gasteiger partial charge is 0.321 e. The average molecular weight is 406 g/mol. The molecule has 2 heterocycles. The molecule has 2 aromatic heterocycles. The first-order chi connectivity index (χ1) is 14.0. The Balaban J connectivity index is 1.84. The number of amides is 1. The Morgan fingerprint density at radius 2 is 1.83 bits per heavy atom. The second-order valence-corrected chi connectivity index (χ2v) is 7.55. The van der Waals surface area contributed by atoms with Gasteiger partial charge in [0.1, 0.15) is 0 Å². The fourth-order valence-corrected chi connectivity index (χ4v) is 3.46. The second kappa shape index (κ2) is 7.64. The summed E-state index contributed by atoms with van der Waals surface area (Å²) in [6.07, 6.45) is 0. The third-order valence-electron chi connectivity index (χ3n) is 4.70. The average Bonchev–Trinajstić information content (AvgIpc) is 3.10. The van der Waals surface area contributed by atoms with Crippen molar-refractivity contribution in [1.29, 1.82) is 0 Å². The molecule has 4 aromatic rings. The van der Waals surface area contributed by atoms with Gasteiger partial charge in [0, 0.05) is 10.7 Å². The Bertz CT molecular complexity index is 1200. The van der Waals surface area contributed by atoms with Crippen molar-refractivity contribution in [1.82, 2.24) is 19.8 Å². The van der Waals surface area contributed by atoms with Crippen LogP contribution in [0.15, 0.2) is 54.6 Å². The molecule has 0 aliphatic rings. The molecule has 6 nitrogen and oxygen atoms in total. The standard InChI is InChI=1S/C22H20ClN5O/c1-13(2)19-18(15-8-7-9-16(23)12-15)21-26-25-20(14(3)28(21)27-19)22(29)24-17-10-5-4-6-11-17/h4-13H,1-3H3,(H,24,29). The Morgan fingerprint density at radius 3 is 2.52 bits per heavy atom. The number of para-hydroxylation sites is 1. The molecule has 7 heteroatoms. The van der Waals surface area contributed by atoms with Crippen molar-refractivity contribution in [3.63, 3.8) is 0 Å². The van der Waals surface area contributed by atoms with Gasteiger partial charge in [-0.05, 0) is 42.7 Å². The van der Waals surface area contributed by atoms with Crippen molar-refractivity contribution in [2.45, 2.75) is 26.7 Å². The maximum absolute atomic E-state index is 12.7. The fourth-order valence-electron chi connectivity index (χ4n) is 3.27. The molecule has 0 aliphatic carbocycles. The molecule has 0 atom stereocenters. The molecule has 0 saturated carbocycles. The van der Waals surface area contributed by atoms with E-state index in [0.717, 1.165) is 16.8 Å². The summed E-state index contributed by atoms with van der Waals surface area (Å²) in [6, 6.07) is 16.8. The summed E-state index contributed by atoms with van der Waals surface area (Å²) >= 11 is 6.20. The number of benzene rings is 2. The van der Waals surface area contributed by atoms with Crippen LogP contribution in [0.25, 0.3) is 16.8 Å². The zero-order chi connectivity index (χ0) is 20.5. The monoisotopic (exact) mass is 405 g/mol. The number of aromatic nitrogens is 4. The molecule has 146 valence electrons. The van der Waals surface area contributed by atoms with Gasteiger partial charge in [-0.15, -0.1) is 10.2 Å². The zero-order valence-corrected chi connectivity index (χ0v) is 17.1. The van der Waals surface area contributed by atoms with Crippen LogP contribution in [0.5, 0.6) is 0 Å². The Labute approximate surface area is 173 Å². The topological polar surface area (TPSA) is 72.2 Å². The number of carbonyl (C=O) groups is 1. The van der Waals surface area contributed by atoms with Crippen LogP contribution < -0.4 is 5.32 Å². The smallest absolute Gasteiger partial charge is 0.278 e. The highest BCUT2D eigenvalue weighted by Gasteiger charge is 2.23. The molecule has 0 saturated heterocycles. The minimum atomic E-state index is -0.325. The van der Waals surface area contributed by atoms with Crippen LogP contribution in [0.1, 0.15) is 41.6 Å². The Hall–Kier alpha value is -3.25. The molecule has 0 radical (unpaired) electrons. The van der Waals surface area contributed by atoms with Crippen LogP contribution in [-0.2, 0) is 0 Å². The molecule has 0 spiro atoms. The third kappa shape index (κ3) is 3.59. The van der Waals surface area contributed by atoms with Crippen LogP contribution >= 0.6 is 11.6 Å². The molecule has 1 N–H and O–H groups in total. The maximum Gasteiger partial charge on any atom is 0.278 e. The molecular formula is C22H20ClN5O. The minimum Gasteiger partial charge on any atom is -0.321 e.